The molecule has 0 amide bonds. The van der Waals surface area contributed by atoms with Gasteiger partial charge in [0, 0.05) is 24.5 Å². The second kappa shape index (κ2) is 5.15. The van der Waals surface area contributed by atoms with E-state index in [0.717, 1.165) is 18.2 Å². The van der Waals surface area contributed by atoms with Crippen LogP contribution in [0.1, 0.15) is 32.4 Å². The van der Waals surface area contributed by atoms with Gasteiger partial charge in [-0.15, -0.1) is 11.3 Å². The van der Waals surface area contributed by atoms with E-state index in [-0.39, 0.29) is 0 Å². The number of nitrogens with one attached hydrogen (secondary N) is 1. The molecule has 1 aliphatic carbocycles. The maximum atomic E-state index is 4.68. The summed E-state index contributed by atoms with van der Waals surface area (Å²) in [4.78, 5) is 7.13. The summed E-state index contributed by atoms with van der Waals surface area (Å²) in [7, 11) is 1.96. The lowest BCUT2D eigenvalue weighted by Crippen LogP contribution is -2.32. The first-order chi connectivity index (χ1) is 7.70. The van der Waals surface area contributed by atoms with Crippen molar-refractivity contribution in [2.24, 2.45) is 5.92 Å². The van der Waals surface area contributed by atoms with Crippen molar-refractivity contribution in [1.29, 1.82) is 0 Å². The minimum absolute atomic E-state index is 0.550. The number of nitrogens with zero attached hydrogens (tertiary/aromatic N) is 2. The van der Waals surface area contributed by atoms with Gasteiger partial charge in [-0.25, -0.2) is 4.98 Å². The first kappa shape index (κ1) is 11.9. The molecule has 1 aliphatic rings. The SMILES string of the molecule is CNCc1csc(N(CC2CC2)C(C)C)n1. The Morgan fingerprint density at radius 1 is 1.56 bits per heavy atom. The molecule has 1 aromatic heterocycles. The third kappa shape index (κ3) is 2.95. The Morgan fingerprint density at radius 2 is 2.31 bits per heavy atom. The molecular formula is C12H21N3S. The summed E-state index contributed by atoms with van der Waals surface area (Å²) in [6, 6.07) is 0.550. The van der Waals surface area contributed by atoms with Gasteiger partial charge in [0.15, 0.2) is 5.13 Å². The van der Waals surface area contributed by atoms with Crippen LogP contribution in [0.4, 0.5) is 5.13 Å². The highest BCUT2D eigenvalue weighted by molar-refractivity contribution is 7.13. The third-order valence-electron chi connectivity index (χ3n) is 2.92. The van der Waals surface area contributed by atoms with Crippen LogP contribution < -0.4 is 10.2 Å². The molecule has 0 unspecified atom stereocenters. The molecule has 3 nitrogen and oxygen atoms in total. The fourth-order valence-electron chi connectivity index (χ4n) is 1.78. The van der Waals surface area contributed by atoms with Gasteiger partial charge in [-0.1, -0.05) is 0 Å². The molecule has 0 saturated heterocycles. The molecule has 0 spiro atoms. The van der Waals surface area contributed by atoms with Crippen LogP contribution in [0.3, 0.4) is 0 Å². The number of thiazole rings is 1. The predicted molar refractivity (Wildman–Crippen MR) is 70.1 cm³/mol. The first-order valence-electron chi connectivity index (χ1n) is 6.06. The summed E-state index contributed by atoms with van der Waals surface area (Å²) in [6.45, 7) is 6.55. The van der Waals surface area contributed by atoms with E-state index in [9.17, 15) is 0 Å². The summed E-state index contributed by atoms with van der Waals surface area (Å²) in [5.74, 6) is 0.916. The lowest BCUT2D eigenvalue weighted by Gasteiger charge is -2.26. The third-order valence-corrected chi connectivity index (χ3v) is 3.84. The van der Waals surface area contributed by atoms with Gasteiger partial charge < -0.3 is 10.2 Å². The maximum absolute atomic E-state index is 4.68. The average Bonchev–Trinajstić information content (AvgIpc) is 2.95. The van der Waals surface area contributed by atoms with Crippen molar-refractivity contribution < 1.29 is 0 Å². The number of aromatic nitrogens is 1. The highest BCUT2D eigenvalue weighted by Gasteiger charge is 2.26. The number of anilines is 1. The highest BCUT2D eigenvalue weighted by atomic mass is 32.1. The molecule has 1 N–H and O–H groups in total. The van der Waals surface area contributed by atoms with E-state index < -0.39 is 0 Å². The smallest absolute Gasteiger partial charge is 0.185 e. The van der Waals surface area contributed by atoms with Gasteiger partial charge in [0.1, 0.15) is 0 Å². The average molecular weight is 239 g/mol. The van der Waals surface area contributed by atoms with Gasteiger partial charge in [0.2, 0.25) is 0 Å². The second-order valence-corrected chi connectivity index (χ2v) is 5.68. The van der Waals surface area contributed by atoms with E-state index in [2.05, 4.69) is 34.4 Å². The lowest BCUT2D eigenvalue weighted by atomic mass is 10.3. The van der Waals surface area contributed by atoms with Crippen molar-refractivity contribution in [2.45, 2.75) is 39.3 Å². The number of hydrogen-bond acceptors (Lipinski definition) is 4. The summed E-state index contributed by atoms with van der Waals surface area (Å²) < 4.78 is 0. The van der Waals surface area contributed by atoms with E-state index >= 15 is 0 Å². The van der Waals surface area contributed by atoms with Crippen LogP contribution in [-0.2, 0) is 6.54 Å². The quantitative estimate of drug-likeness (QED) is 0.826. The van der Waals surface area contributed by atoms with Gasteiger partial charge in [-0.2, -0.15) is 0 Å². The van der Waals surface area contributed by atoms with Gasteiger partial charge in [0.25, 0.3) is 0 Å². The van der Waals surface area contributed by atoms with Crippen LogP contribution in [0.25, 0.3) is 0 Å². The molecule has 1 fully saturated rings. The minimum Gasteiger partial charge on any atom is -0.345 e. The summed E-state index contributed by atoms with van der Waals surface area (Å²) in [6.07, 6.45) is 2.80. The molecular weight excluding hydrogens is 218 g/mol. The molecule has 4 heteroatoms. The zero-order valence-corrected chi connectivity index (χ0v) is 11.2. The molecule has 1 aromatic rings. The normalized spacial score (nSPS) is 15.8. The molecule has 0 radical (unpaired) electrons. The van der Waals surface area contributed by atoms with Gasteiger partial charge >= 0.3 is 0 Å². The fraction of sp³-hybridized carbons (Fsp3) is 0.750. The van der Waals surface area contributed by atoms with E-state index in [1.165, 1.54) is 24.5 Å². The largest absolute Gasteiger partial charge is 0.345 e. The van der Waals surface area contributed by atoms with E-state index in [4.69, 9.17) is 0 Å². The van der Waals surface area contributed by atoms with Crippen molar-refractivity contribution in [1.82, 2.24) is 10.3 Å². The molecule has 1 saturated carbocycles. The van der Waals surface area contributed by atoms with Gasteiger partial charge in [-0.05, 0) is 39.7 Å². The summed E-state index contributed by atoms with van der Waals surface area (Å²) in [5.41, 5.74) is 1.16. The number of hydrogen-bond donors (Lipinski definition) is 1. The highest BCUT2D eigenvalue weighted by Crippen LogP contribution is 2.33. The van der Waals surface area contributed by atoms with Crippen molar-refractivity contribution in [3.63, 3.8) is 0 Å². The standard InChI is InChI=1S/C12H21N3S/c1-9(2)15(7-10-4-5-10)12-14-11(6-13-3)8-16-12/h8-10,13H,4-7H2,1-3H3. The fourth-order valence-corrected chi connectivity index (χ4v) is 2.75. The van der Waals surface area contributed by atoms with E-state index in [1.54, 1.807) is 11.3 Å². The summed E-state index contributed by atoms with van der Waals surface area (Å²) in [5, 5.41) is 6.49. The number of rotatable bonds is 6. The maximum Gasteiger partial charge on any atom is 0.185 e. The zero-order valence-electron chi connectivity index (χ0n) is 10.4. The van der Waals surface area contributed by atoms with Crippen molar-refractivity contribution in [3.05, 3.63) is 11.1 Å². The Bertz CT molecular complexity index is 331. The van der Waals surface area contributed by atoms with Crippen molar-refractivity contribution >= 4 is 16.5 Å². The Labute approximate surface area is 102 Å². The van der Waals surface area contributed by atoms with Crippen molar-refractivity contribution in [2.75, 3.05) is 18.5 Å². The van der Waals surface area contributed by atoms with Gasteiger partial charge in [0.05, 0.1) is 5.69 Å². The molecule has 0 atom stereocenters. The van der Waals surface area contributed by atoms with E-state index in [1.807, 2.05) is 7.05 Å². The Kier molecular flexibility index (Phi) is 3.82. The van der Waals surface area contributed by atoms with Crippen LogP contribution in [0.5, 0.6) is 0 Å². The molecule has 0 bridgehead atoms. The Hall–Kier alpha value is -0.610. The molecule has 16 heavy (non-hydrogen) atoms. The predicted octanol–water partition coefficient (Wildman–Crippen LogP) is 2.49. The molecule has 0 aromatic carbocycles. The molecule has 2 rings (SSSR count). The van der Waals surface area contributed by atoms with Crippen LogP contribution in [0, 0.1) is 5.92 Å². The second-order valence-electron chi connectivity index (χ2n) is 4.84. The minimum atomic E-state index is 0.550. The topological polar surface area (TPSA) is 28.2 Å². The molecule has 0 aliphatic heterocycles. The van der Waals surface area contributed by atoms with Gasteiger partial charge in [-0.3, -0.25) is 0 Å². The lowest BCUT2D eigenvalue weighted by molar-refractivity contribution is 0.641. The van der Waals surface area contributed by atoms with E-state index in [0.29, 0.717) is 6.04 Å². The molecule has 1 heterocycles. The van der Waals surface area contributed by atoms with Crippen LogP contribution in [-0.4, -0.2) is 24.6 Å². The van der Waals surface area contributed by atoms with Crippen molar-refractivity contribution in [3.8, 4) is 0 Å². The zero-order chi connectivity index (χ0) is 11.5. The Balaban J connectivity index is 2.04. The molecule has 90 valence electrons. The first-order valence-corrected chi connectivity index (χ1v) is 6.94. The Morgan fingerprint density at radius 3 is 2.88 bits per heavy atom. The monoisotopic (exact) mass is 239 g/mol. The van der Waals surface area contributed by atoms with Crippen LogP contribution in [0.2, 0.25) is 0 Å². The van der Waals surface area contributed by atoms with Crippen LogP contribution in [0.15, 0.2) is 5.38 Å². The summed E-state index contributed by atoms with van der Waals surface area (Å²) >= 11 is 1.77. The van der Waals surface area contributed by atoms with Crippen LogP contribution >= 0.6 is 11.3 Å².